The predicted octanol–water partition coefficient (Wildman–Crippen LogP) is 4.39. The zero-order valence-corrected chi connectivity index (χ0v) is 16.2. The monoisotopic (exact) mass is 392 g/mol. The fourth-order valence-electron chi connectivity index (χ4n) is 2.46. The molecule has 0 atom stereocenters. The van der Waals surface area contributed by atoms with Crippen molar-refractivity contribution in [3.8, 4) is 0 Å². The van der Waals surface area contributed by atoms with Gasteiger partial charge in [0, 0.05) is 17.1 Å². The number of anilines is 1. The van der Waals surface area contributed by atoms with Crippen LogP contribution in [0, 0.1) is 6.92 Å². The first-order chi connectivity index (χ1) is 13.6. The van der Waals surface area contributed by atoms with Gasteiger partial charge in [0.15, 0.2) is 0 Å². The van der Waals surface area contributed by atoms with Crippen molar-refractivity contribution >= 4 is 35.0 Å². The number of carbonyl (C=O) groups is 2. The second-order valence-corrected chi connectivity index (χ2v) is 7.07. The molecule has 0 aliphatic carbocycles. The van der Waals surface area contributed by atoms with Crippen molar-refractivity contribution in [2.75, 3.05) is 5.32 Å². The first-order valence-corrected chi connectivity index (χ1v) is 9.67. The molecule has 6 heteroatoms. The number of hydrogen-bond donors (Lipinski definition) is 1. The molecule has 0 fully saturated rings. The minimum atomic E-state index is -0.435. The molecule has 28 heavy (non-hydrogen) atoms. The van der Waals surface area contributed by atoms with Crippen molar-refractivity contribution in [1.82, 2.24) is 4.98 Å². The molecule has 0 saturated heterocycles. The van der Waals surface area contributed by atoms with Crippen LogP contribution in [0.3, 0.4) is 0 Å². The fraction of sp³-hybridized carbons (Fsp3) is 0.136. The van der Waals surface area contributed by atoms with Gasteiger partial charge in [0.1, 0.15) is 11.6 Å². The molecule has 2 aromatic carbocycles. The summed E-state index contributed by atoms with van der Waals surface area (Å²) >= 11 is 1.37. The molecule has 142 valence electrons. The van der Waals surface area contributed by atoms with E-state index in [-0.39, 0.29) is 18.9 Å². The summed E-state index contributed by atoms with van der Waals surface area (Å²) in [6, 6.07) is 17.1. The Hall–Kier alpha value is -3.25. The average Bonchev–Trinajstić information content (AvgIpc) is 3.14. The highest BCUT2D eigenvalue weighted by atomic mass is 32.1. The van der Waals surface area contributed by atoms with Gasteiger partial charge < -0.3 is 10.1 Å². The van der Waals surface area contributed by atoms with Gasteiger partial charge in [-0.1, -0.05) is 48.5 Å². The Balaban J connectivity index is 1.47. The van der Waals surface area contributed by atoms with Gasteiger partial charge in [-0.2, -0.15) is 0 Å². The Bertz CT molecular complexity index is 980. The van der Waals surface area contributed by atoms with Crippen LogP contribution in [0.15, 0.2) is 66.1 Å². The number of ether oxygens (including phenoxy) is 1. The van der Waals surface area contributed by atoms with Crippen molar-refractivity contribution in [1.29, 1.82) is 0 Å². The summed E-state index contributed by atoms with van der Waals surface area (Å²) in [6.45, 7) is 2.02. The van der Waals surface area contributed by atoms with Crippen LogP contribution in [-0.4, -0.2) is 16.9 Å². The van der Waals surface area contributed by atoms with Crippen LogP contribution in [0.5, 0.6) is 0 Å². The van der Waals surface area contributed by atoms with Crippen molar-refractivity contribution in [3.63, 3.8) is 0 Å². The number of carbonyl (C=O) groups excluding carboxylic acids is 2. The lowest BCUT2D eigenvalue weighted by Gasteiger charge is -2.06. The van der Waals surface area contributed by atoms with E-state index in [4.69, 9.17) is 4.74 Å². The normalized spacial score (nSPS) is 10.8. The van der Waals surface area contributed by atoms with Crippen molar-refractivity contribution in [2.24, 2.45) is 0 Å². The molecule has 0 spiro atoms. The Kier molecular flexibility index (Phi) is 6.70. The van der Waals surface area contributed by atoms with E-state index in [9.17, 15) is 9.59 Å². The van der Waals surface area contributed by atoms with E-state index in [1.165, 1.54) is 17.4 Å². The highest BCUT2D eigenvalue weighted by molar-refractivity contribution is 7.09. The highest BCUT2D eigenvalue weighted by Crippen LogP contribution is 2.16. The lowest BCUT2D eigenvalue weighted by atomic mass is 10.2. The number of nitrogens with zero attached hydrogens (tertiary/aromatic N) is 1. The lowest BCUT2D eigenvalue weighted by Crippen LogP contribution is -2.15. The maximum atomic E-state index is 12.2. The molecule has 0 saturated carbocycles. The predicted molar refractivity (Wildman–Crippen MR) is 111 cm³/mol. The average molecular weight is 392 g/mol. The van der Waals surface area contributed by atoms with E-state index in [1.807, 2.05) is 61.5 Å². The molecule has 3 rings (SSSR count). The number of esters is 1. The largest absolute Gasteiger partial charge is 0.456 e. The van der Waals surface area contributed by atoms with E-state index in [1.54, 1.807) is 11.5 Å². The zero-order valence-electron chi connectivity index (χ0n) is 15.4. The number of para-hydroxylation sites is 1. The Morgan fingerprint density at radius 2 is 1.86 bits per heavy atom. The Morgan fingerprint density at radius 1 is 1.11 bits per heavy atom. The van der Waals surface area contributed by atoms with Gasteiger partial charge in [-0.05, 0) is 30.2 Å². The SMILES string of the molecule is Cc1ccccc1NC(=O)Cc1nc(COC(=O)C=Cc2ccccc2)cs1. The van der Waals surface area contributed by atoms with E-state index < -0.39 is 5.97 Å². The number of hydrogen-bond acceptors (Lipinski definition) is 5. The molecule has 1 N–H and O–H groups in total. The molecule has 0 aliphatic rings. The molecule has 5 nitrogen and oxygen atoms in total. The Morgan fingerprint density at radius 3 is 2.64 bits per heavy atom. The summed E-state index contributed by atoms with van der Waals surface area (Å²) in [7, 11) is 0. The Labute approximate surface area is 167 Å². The first kappa shape index (κ1) is 19.5. The smallest absolute Gasteiger partial charge is 0.331 e. The van der Waals surface area contributed by atoms with Gasteiger partial charge in [-0.25, -0.2) is 9.78 Å². The molecule has 1 aromatic heterocycles. The van der Waals surface area contributed by atoms with Crippen LogP contribution in [-0.2, 0) is 27.4 Å². The minimum absolute atomic E-state index is 0.0773. The fourth-order valence-corrected chi connectivity index (χ4v) is 3.24. The van der Waals surface area contributed by atoms with E-state index >= 15 is 0 Å². The van der Waals surface area contributed by atoms with Crippen LogP contribution in [0.4, 0.5) is 5.69 Å². The summed E-state index contributed by atoms with van der Waals surface area (Å²) in [5.74, 6) is -0.561. The number of nitrogens with one attached hydrogen (secondary N) is 1. The summed E-state index contributed by atoms with van der Waals surface area (Å²) in [4.78, 5) is 28.4. The number of rotatable bonds is 7. The quantitative estimate of drug-likeness (QED) is 0.478. The number of thiazole rings is 1. The molecule has 0 radical (unpaired) electrons. The molecule has 0 aliphatic heterocycles. The van der Waals surface area contributed by atoms with Gasteiger partial charge >= 0.3 is 5.97 Å². The van der Waals surface area contributed by atoms with Crippen molar-refractivity contribution in [2.45, 2.75) is 20.0 Å². The number of aromatic nitrogens is 1. The third-order valence-electron chi connectivity index (χ3n) is 3.90. The van der Waals surface area contributed by atoms with Gasteiger partial charge in [0.05, 0.1) is 12.1 Å². The van der Waals surface area contributed by atoms with Crippen LogP contribution < -0.4 is 5.32 Å². The lowest BCUT2D eigenvalue weighted by molar-refractivity contribution is -0.139. The molecular weight excluding hydrogens is 372 g/mol. The third kappa shape index (κ3) is 5.89. The second-order valence-electron chi connectivity index (χ2n) is 6.12. The van der Waals surface area contributed by atoms with Crippen molar-refractivity contribution < 1.29 is 14.3 Å². The molecule has 3 aromatic rings. The van der Waals surface area contributed by atoms with Gasteiger partial charge in [-0.15, -0.1) is 11.3 Å². The summed E-state index contributed by atoms with van der Waals surface area (Å²) in [6.07, 6.45) is 3.27. The number of aryl methyl sites for hydroxylation is 1. The second kappa shape index (κ2) is 9.62. The maximum absolute atomic E-state index is 12.2. The summed E-state index contributed by atoms with van der Waals surface area (Å²) < 4.78 is 5.20. The standard InChI is InChI=1S/C22H20N2O3S/c1-16-7-5-6-10-19(16)24-20(25)13-21-23-18(15-28-21)14-27-22(26)12-11-17-8-3-2-4-9-17/h2-12,15H,13-14H2,1H3,(H,24,25). The maximum Gasteiger partial charge on any atom is 0.331 e. The topological polar surface area (TPSA) is 68.3 Å². The summed E-state index contributed by atoms with van der Waals surface area (Å²) in [5.41, 5.74) is 3.36. The van der Waals surface area contributed by atoms with E-state index in [2.05, 4.69) is 10.3 Å². The number of amides is 1. The van der Waals surface area contributed by atoms with Crippen LogP contribution >= 0.6 is 11.3 Å². The third-order valence-corrected chi connectivity index (χ3v) is 4.80. The first-order valence-electron chi connectivity index (χ1n) is 8.79. The highest BCUT2D eigenvalue weighted by Gasteiger charge is 2.10. The molecular formula is C22H20N2O3S. The minimum Gasteiger partial charge on any atom is -0.456 e. The van der Waals surface area contributed by atoms with Crippen molar-refractivity contribution in [3.05, 3.63) is 87.9 Å². The van der Waals surface area contributed by atoms with Crippen LogP contribution in [0.25, 0.3) is 6.08 Å². The van der Waals surface area contributed by atoms with E-state index in [0.717, 1.165) is 16.8 Å². The van der Waals surface area contributed by atoms with E-state index in [0.29, 0.717) is 10.7 Å². The molecule has 1 heterocycles. The molecule has 1 amide bonds. The zero-order chi connectivity index (χ0) is 19.8. The van der Waals surface area contributed by atoms with Crippen LogP contribution in [0.2, 0.25) is 0 Å². The van der Waals surface area contributed by atoms with Gasteiger partial charge in [0.25, 0.3) is 0 Å². The number of benzene rings is 2. The molecule has 0 bridgehead atoms. The molecule has 0 unspecified atom stereocenters. The van der Waals surface area contributed by atoms with Crippen LogP contribution in [0.1, 0.15) is 21.8 Å². The van der Waals surface area contributed by atoms with Gasteiger partial charge in [-0.3, -0.25) is 4.79 Å². The summed E-state index contributed by atoms with van der Waals surface area (Å²) in [5, 5.41) is 5.36. The van der Waals surface area contributed by atoms with Gasteiger partial charge in [0.2, 0.25) is 5.91 Å².